The Kier molecular flexibility index (Phi) is 4.46. The van der Waals surface area contributed by atoms with Crippen LogP contribution in [0.25, 0.3) is 0 Å². The van der Waals surface area contributed by atoms with Crippen LogP contribution in [-0.2, 0) is 33.2 Å². The molecule has 3 aliphatic rings. The minimum absolute atomic E-state index is 0.0835. The topological polar surface area (TPSA) is 72.5 Å². The summed E-state index contributed by atoms with van der Waals surface area (Å²) in [6, 6.07) is 0. The summed E-state index contributed by atoms with van der Waals surface area (Å²) >= 11 is 0. The van der Waals surface area contributed by atoms with Crippen LogP contribution in [0.15, 0.2) is 11.9 Å². The fraction of sp³-hybridized carbons (Fsp3) is 0.812. The molecule has 3 fully saturated rings. The Hall–Kier alpha value is -1.06. The molecule has 0 aliphatic carbocycles. The highest BCUT2D eigenvalue weighted by molar-refractivity contribution is 5.86. The molecule has 3 saturated heterocycles. The molecule has 24 heavy (non-hydrogen) atoms. The average molecular weight is 346 g/mol. The van der Waals surface area contributed by atoms with Crippen molar-refractivity contribution in [3.63, 3.8) is 0 Å². The third kappa shape index (κ3) is 3.34. The Morgan fingerprint density at radius 3 is 2.29 bits per heavy atom. The van der Waals surface area contributed by atoms with Crippen molar-refractivity contribution in [3.05, 3.63) is 11.9 Å². The van der Waals surface area contributed by atoms with Crippen LogP contribution in [-0.4, -0.2) is 54.9 Å². The molecule has 0 aromatic heterocycles. The number of carbonyl (C=O) groups excluding carboxylic acids is 1. The summed E-state index contributed by atoms with van der Waals surface area (Å²) in [6.45, 7) is 8.71. The lowest BCUT2D eigenvalue weighted by Gasteiger charge is -2.35. The number of hydrogen-bond acceptors (Lipinski definition) is 7. The molecule has 0 unspecified atom stereocenters. The van der Waals surface area contributed by atoms with Gasteiger partial charge in [0.25, 0.3) is 0 Å². The number of halogens is 1. The van der Waals surface area contributed by atoms with Crippen molar-refractivity contribution in [1.82, 2.24) is 0 Å². The highest BCUT2D eigenvalue weighted by atomic mass is 19.1. The molecule has 0 aromatic carbocycles. The van der Waals surface area contributed by atoms with E-state index in [2.05, 4.69) is 4.74 Å². The monoisotopic (exact) mass is 346 g/mol. The van der Waals surface area contributed by atoms with Gasteiger partial charge in [0.2, 0.25) is 5.83 Å². The van der Waals surface area contributed by atoms with Gasteiger partial charge >= 0.3 is 5.97 Å². The maximum atomic E-state index is 14.1. The predicted molar refractivity (Wildman–Crippen MR) is 78.3 cm³/mol. The van der Waals surface area contributed by atoms with Crippen LogP contribution in [0.2, 0.25) is 0 Å². The predicted octanol–water partition coefficient (Wildman–Crippen LogP) is 1.80. The van der Waals surface area contributed by atoms with Crippen LogP contribution in [0.4, 0.5) is 4.39 Å². The van der Waals surface area contributed by atoms with Crippen LogP contribution in [0, 0.1) is 0 Å². The second kappa shape index (κ2) is 6.03. The molecule has 8 heteroatoms. The van der Waals surface area contributed by atoms with Gasteiger partial charge in [-0.05, 0) is 40.7 Å². The zero-order valence-electron chi connectivity index (χ0n) is 14.4. The third-order valence-electron chi connectivity index (χ3n) is 3.97. The SMILES string of the molecule is CCOC(=O)/C(F)=C/[C@H]1O[C@@H]2OC(C)(C)O[C@@H]2[C@H]2OC(C)(C)O[C@H]21. The first-order valence-electron chi connectivity index (χ1n) is 8.03. The van der Waals surface area contributed by atoms with Gasteiger partial charge in [-0.25, -0.2) is 4.79 Å². The van der Waals surface area contributed by atoms with Gasteiger partial charge in [-0.1, -0.05) is 0 Å². The zero-order valence-corrected chi connectivity index (χ0v) is 14.4. The largest absolute Gasteiger partial charge is 0.461 e. The van der Waals surface area contributed by atoms with E-state index in [1.807, 2.05) is 0 Å². The van der Waals surface area contributed by atoms with Crippen molar-refractivity contribution in [2.75, 3.05) is 6.61 Å². The Morgan fingerprint density at radius 1 is 1.04 bits per heavy atom. The van der Waals surface area contributed by atoms with Gasteiger partial charge in [0.1, 0.15) is 24.4 Å². The fourth-order valence-electron chi connectivity index (χ4n) is 3.19. The van der Waals surface area contributed by atoms with E-state index in [1.54, 1.807) is 34.6 Å². The molecule has 0 saturated carbocycles. The lowest BCUT2D eigenvalue weighted by atomic mass is 9.98. The van der Waals surface area contributed by atoms with Gasteiger partial charge in [0, 0.05) is 0 Å². The molecule has 7 nitrogen and oxygen atoms in total. The van der Waals surface area contributed by atoms with E-state index in [-0.39, 0.29) is 6.61 Å². The summed E-state index contributed by atoms with van der Waals surface area (Å²) in [4.78, 5) is 11.5. The normalized spacial score (nSPS) is 40.1. The molecule has 0 N–H and O–H groups in total. The highest BCUT2D eigenvalue weighted by Gasteiger charge is 2.60. The van der Waals surface area contributed by atoms with Crippen LogP contribution in [0.3, 0.4) is 0 Å². The van der Waals surface area contributed by atoms with Crippen molar-refractivity contribution in [3.8, 4) is 0 Å². The quantitative estimate of drug-likeness (QED) is 0.570. The lowest BCUT2D eigenvalue weighted by Crippen LogP contribution is -2.54. The number of ether oxygens (including phenoxy) is 6. The average Bonchev–Trinajstić information content (AvgIpc) is 2.94. The van der Waals surface area contributed by atoms with E-state index in [0.29, 0.717) is 0 Å². The number of fused-ring (bicyclic) bond motifs is 3. The van der Waals surface area contributed by atoms with E-state index in [1.165, 1.54) is 0 Å². The van der Waals surface area contributed by atoms with E-state index < -0.39 is 54.1 Å². The van der Waals surface area contributed by atoms with Gasteiger partial charge in [-0.2, -0.15) is 4.39 Å². The Balaban J connectivity index is 1.85. The Labute approximate surface area is 140 Å². The molecular formula is C16H23FO7. The molecule has 5 atom stereocenters. The van der Waals surface area contributed by atoms with Crippen molar-refractivity contribution >= 4 is 5.97 Å². The number of esters is 1. The van der Waals surface area contributed by atoms with Crippen LogP contribution in [0.1, 0.15) is 34.6 Å². The molecule has 0 radical (unpaired) electrons. The smallest absolute Gasteiger partial charge is 0.366 e. The Morgan fingerprint density at radius 2 is 1.62 bits per heavy atom. The van der Waals surface area contributed by atoms with Crippen molar-refractivity contribution < 1.29 is 37.6 Å². The van der Waals surface area contributed by atoms with E-state index in [4.69, 9.17) is 23.7 Å². The summed E-state index contributed by atoms with van der Waals surface area (Å²) in [5, 5.41) is 0. The first-order chi connectivity index (χ1) is 11.1. The molecule has 0 spiro atoms. The summed E-state index contributed by atoms with van der Waals surface area (Å²) < 4.78 is 47.8. The maximum Gasteiger partial charge on any atom is 0.366 e. The third-order valence-corrected chi connectivity index (χ3v) is 3.97. The van der Waals surface area contributed by atoms with Gasteiger partial charge in [-0.15, -0.1) is 0 Å². The standard InChI is InChI=1S/C16H23FO7/c1-6-19-13(18)8(17)7-9-10-11(22-15(2,3)21-10)12-14(20-9)24-16(4,5)23-12/h7,9-12,14H,6H2,1-5H3/b8-7-/t9-,10+,11+,12-,14-/m1/s1. The zero-order chi connectivity index (χ0) is 17.7. The second-order valence-electron chi connectivity index (χ2n) is 6.87. The van der Waals surface area contributed by atoms with Crippen molar-refractivity contribution in [1.29, 1.82) is 0 Å². The van der Waals surface area contributed by atoms with Gasteiger partial charge in [0.15, 0.2) is 17.9 Å². The van der Waals surface area contributed by atoms with Crippen LogP contribution < -0.4 is 0 Å². The first kappa shape index (κ1) is 17.8. The van der Waals surface area contributed by atoms with Gasteiger partial charge < -0.3 is 28.4 Å². The number of carbonyl (C=O) groups is 1. The molecule has 136 valence electrons. The maximum absolute atomic E-state index is 14.1. The first-order valence-corrected chi connectivity index (χ1v) is 8.03. The summed E-state index contributed by atoms with van der Waals surface area (Å²) in [6.07, 6.45) is -2.18. The van der Waals surface area contributed by atoms with Crippen LogP contribution >= 0.6 is 0 Å². The van der Waals surface area contributed by atoms with Gasteiger partial charge in [-0.3, -0.25) is 0 Å². The van der Waals surface area contributed by atoms with Gasteiger partial charge in [0.05, 0.1) is 6.61 Å². The van der Waals surface area contributed by atoms with E-state index in [0.717, 1.165) is 6.08 Å². The molecule has 0 aromatic rings. The number of rotatable bonds is 3. The Bertz CT molecular complexity index is 545. The second-order valence-corrected chi connectivity index (χ2v) is 6.87. The summed E-state index contributed by atoms with van der Waals surface area (Å²) in [5.74, 6) is -3.81. The lowest BCUT2D eigenvalue weighted by molar-refractivity contribution is -0.223. The van der Waals surface area contributed by atoms with Crippen LogP contribution in [0.5, 0.6) is 0 Å². The van der Waals surface area contributed by atoms with Crippen molar-refractivity contribution in [2.24, 2.45) is 0 Å². The molecule has 0 bridgehead atoms. The minimum Gasteiger partial charge on any atom is -0.461 e. The summed E-state index contributed by atoms with van der Waals surface area (Å²) in [7, 11) is 0. The van der Waals surface area contributed by atoms with E-state index in [9.17, 15) is 9.18 Å². The van der Waals surface area contributed by atoms with Crippen molar-refractivity contribution in [2.45, 2.75) is 76.9 Å². The number of hydrogen-bond donors (Lipinski definition) is 0. The fourth-order valence-corrected chi connectivity index (χ4v) is 3.19. The minimum atomic E-state index is -1.04. The summed E-state index contributed by atoms with van der Waals surface area (Å²) in [5.41, 5.74) is 0. The molecule has 3 rings (SSSR count). The highest BCUT2D eigenvalue weighted by Crippen LogP contribution is 2.44. The van der Waals surface area contributed by atoms with E-state index >= 15 is 0 Å². The molecular weight excluding hydrogens is 323 g/mol. The molecule has 0 amide bonds. The molecule has 3 heterocycles. The molecule has 3 aliphatic heterocycles.